The van der Waals surface area contributed by atoms with Gasteiger partial charge in [-0.25, -0.2) is 0 Å². The molecular formula is C11H23N3O4S. The van der Waals surface area contributed by atoms with E-state index in [0.29, 0.717) is 12.3 Å². The van der Waals surface area contributed by atoms with Crippen LogP contribution < -0.4 is 16.4 Å². The molecule has 2 unspecified atom stereocenters. The van der Waals surface area contributed by atoms with Crippen molar-refractivity contribution in [3.63, 3.8) is 0 Å². The van der Waals surface area contributed by atoms with Gasteiger partial charge in [-0.3, -0.25) is 14.4 Å². The Morgan fingerprint density at radius 2 is 1.79 bits per heavy atom. The van der Waals surface area contributed by atoms with Crippen LogP contribution in [-0.4, -0.2) is 47.3 Å². The highest BCUT2D eigenvalue weighted by atomic mass is 32.1. The summed E-state index contributed by atoms with van der Waals surface area (Å²) in [5, 5.41) is 13.4. The molecule has 0 saturated carbocycles. The van der Waals surface area contributed by atoms with Gasteiger partial charge < -0.3 is 21.5 Å². The van der Waals surface area contributed by atoms with E-state index >= 15 is 0 Å². The molecule has 0 rings (SSSR count). The Bertz CT molecular complexity index is 298. The predicted octanol–water partition coefficient (Wildman–Crippen LogP) is -0.635. The number of carboxylic acid groups (broad SMARTS) is 1. The molecule has 0 aliphatic rings. The molecule has 7 nitrogen and oxygen atoms in total. The summed E-state index contributed by atoms with van der Waals surface area (Å²) in [5.41, 5.74) is 5.31. The van der Waals surface area contributed by atoms with E-state index in [4.69, 9.17) is 10.8 Å². The Morgan fingerprint density at radius 3 is 2.16 bits per heavy atom. The van der Waals surface area contributed by atoms with E-state index in [1.807, 2.05) is 13.8 Å². The molecule has 8 heteroatoms. The monoisotopic (exact) mass is 293 g/mol. The van der Waals surface area contributed by atoms with Gasteiger partial charge in [-0.1, -0.05) is 13.8 Å². The fraction of sp³-hybridized carbons (Fsp3) is 0.727. The van der Waals surface area contributed by atoms with E-state index in [9.17, 15) is 14.4 Å². The first kappa shape index (κ1) is 20.0. The number of thiol groups is 1. The number of carbonyl (C=O) groups is 3. The maximum atomic E-state index is 11.5. The summed E-state index contributed by atoms with van der Waals surface area (Å²) in [4.78, 5) is 33.4. The van der Waals surface area contributed by atoms with Crippen LogP contribution >= 0.6 is 12.6 Å². The molecule has 0 radical (unpaired) electrons. The van der Waals surface area contributed by atoms with E-state index in [-0.39, 0.29) is 0 Å². The van der Waals surface area contributed by atoms with Crippen molar-refractivity contribution in [2.75, 3.05) is 12.3 Å². The van der Waals surface area contributed by atoms with Gasteiger partial charge in [-0.05, 0) is 6.92 Å². The summed E-state index contributed by atoms with van der Waals surface area (Å²) < 4.78 is 0. The Labute approximate surface area is 118 Å². The number of carboxylic acids is 1. The maximum Gasteiger partial charge on any atom is 0.305 e. The van der Waals surface area contributed by atoms with Gasteiger partial charge in [0, 0.05) is 12.3 Å². The zero-order valence-corrected chi connectivity index (χ0v) is 12.4. The summed E-state index contributed by atoms with van der Waals surface area (Å²) in [7, 11) is 0. The Hall–Kier alpha value is -1.28. The van der Waals surface area contributed by atoms with Crippen LogP contribution in [0, 0.1) is 0 Å². The van der Waals surface area contributed by atoms with Gasteiger partial charge in [-0.2, -0.15) is 12.6 Å². The highest BCUT2D eigenvalue weighted by Gasteiger charge is 2.24. The third kappa shape index (κ3) is 10.3. The average Bonchev–Trinajstić information content (AvgIpc) is 2.36. The normalized spacial score (nSPS) is 12.5. The van der Waals surface area contributed by atoms with E-state index in [2.05, 4.69) is 23.3 Å². The fourth-order valence-electron chi connectivity index (χ4n) is 0.989. The minimum absolute atomic E-state index is 0.298. The van der Waals surface area contributed by atoms with E-state index < -0.39 is 36.3 Å². The van der Waals surface area contributed by atoms with Crippen LogP contribution in [0.5, 0.6) is 0 Å². The summed E-state index contributed by atoms with van der Waals surface area (Å²) in [6.07, 6.45) is -0.489. The topological polar surface area (TPSA) is 122 Å². The van der Waals surface area contributed by atoms with Gasteiger partial charge in [0.05, 0.1) is 12.5 Å². The Kier molecular flexibility index (Phi) is 12.4. The van der Waals surface area contributed by atoms with Crippen LogP contribution in [0.3, 0.4) is 0 Å². The minimum atomic E-state index is -1.18. The fourth-order valence-corrected chi connectivity index (χ4v) is 1.10. The minimum Gasteiger partial charge on any atom is -0.481 e. The average molecular weight is 293 g/mol. The van der Waals surface area contributed by atoms with Crippen LogP contribution in [0.15, 0.2) is 0 Å². The quantitative estimate of drug-likeness (QED) is 0.400. The van der Waals surface area contributed by atoms with E-state index in [1.165, 1.54) is 6.92 Å². The first-order chi connectivity index (χ1) is 8.88. The second-order valence-electron chi connectivity index (χ2n) is 3.46. The van der Waals surface area contributed by atoms with Crippen LogP contribution in [0.1, 0.15) is 27.2 Å². The molecule has 0 spiro atoms. The van der Waals surface area contributed by atoms with Gasteiger partial charge in [0.15, 0.2) is 0 Å². The van der Waals surface area contributed by atoms with Gasteiger partial charge >= 0.3 is 5.97 Å². The number of nitrogens with one attached hydrogen (secondary N) is 2. The lowest BCUT2D eigenvalue weighted by Crippen LogP contribution is -2.51. The molecule has 112 valence electrons. The number of hydrogen-bond acceptors (Lipinski definition) is 5. The van der Waals surface area contributed by atoms with Gasteiger partial charge in [0.2, 0.25) is 11.8 Å². The zero-order chi connectivity index (χ0) is 15.4. The first-order valence-corrected chi connectivity index (χ1v) is 6.68. The molecule has 0 saturated heterocycles. The number of rotatable bonds is 7. The number of amides is 2. The third-order valence-electron chi connectivity index (χ3n) is 1.84. The number of nitrogens with two attached hydrogens (primary N) is 1. The third-order valence-corrected chi connectivity index (χ3v) is 2.06. The highest BCUT2D eigenvalue weighted by molar-refractivity contribution is 7.80. The number of carbonyl (C=O) groups excluding carboxylic acids is 2. The van der Waals surface area contributed by atoms with E-state index in [1.54, 1.807) is 0 Å². The SMILES string of the molecule is CC.CC(N)C(=O)NC(CC(=O)O)C(=O)NCCS. The molecule has 0 aromatic heterocycles. The van der Waals surface area contributed by atoms with Gasteiger partial charge in [-0.15, -0.1) is 0 Å². The van der Waals surface area contributed by atoms with Crippen molar-refractivity contribution < 1.29 is 19.5 Å². The molecule has 0 fully saturated rings. The molecule has 0 heterocycles. The zero-order valence-electron chi connectivity index (χ0n) is 11.5. The second-order valence-corrected chi connectivity index (χ2v) is 3.91. The van der Waals surface area contributed by atoms with Gasteiger partial charge in [0.25, 0.3) is 0 Å². The lowest BCUT2D eigenvalue weighted by molar-refractivity contribution is -0.140. The maximum absolute atomic E-state index is 11.5. The molecule has 0 aromatic rings. The molecule has 0 aliphatic carbocycles. The predicted molar refractivity (Wildman–Crippen MR) is 76.0 cm³/mol. The highest BCUT2D eigenvalue weighted by Crippen LogP contribution is 1.94. The molecule has 2 amide bonds. The molecule has 0 bridgehead atoms. The summed E-state index contributed by atoms with van der Waals surface area (Å²) >= 11 is 3.90. The molecule has 19 heavy (non-hydrogen) atoms. The van der Waals surface area contributed by atoms with Crippen LogP contribution in [0.4, 0.5) is 0 Å². The van der Waals surface area contributed by atoms with Crippen molar-refractivity contribution in [3.8, 4) is 0 Å². The first-order valence-electron chi connectivity index (χ1n) is 6.04. The molecule has 5 N–H and O–H groups in total. The standard InChI is InChI=1S/C9H17N3O4S.C2H6/c1-5(10)8(15)12-6(4-7(13)14)9(16)11-2-3-17;1-2/h5-6,17H,2-4,10H2,1H3,(H,11,16)(H,12,15)(H,13,14);1-2H3. The largest absolute Gasteiger partial charge is 0.481 e. The van der Waals surface area contributed by atoms with Crippen molar-refractivity contribution in [2.24, 2.45) is 5.73 Å². The van der Waals surface area contributed by atoms with Crippen LogP contribution in [0.2, 0.25) is 0 Å². The van der Waals surface area contributed by atoms with Crippen molar-refractivity contribution in [1.29, 1.82) is 0 Å². The summed E-state index contributed by atoms with van der Waals surface area (Å²) in [6, 6.07) is -1.92. The number of aliphatic carboxylic acids is 1. The van der Waals surface area contributed by atoms with Crippen molar-refractivity contribution >= 4 is 30.4 Å². The molecule has 0 aliphatic heterocycles. The van der Waals surface area contributed by atoms with E-state index in [0.717, 1.165) is 0 Å². The lowest BCUT2D eigenvalue weighted by Gasteiger charge is -2.17. The van der Waals surface area contributed by atoms with Crippen molar-refractivity contribution in [3.05, 3.63) is 0 Å². The summed E-state index contributed by atoms with van der Waals surface area (Å²) in [5.74, 6) is -1.89. The number of hydrogen-bond donors (Lipinski definition) is 5. The second kappa shape index (κ2) is 11.8. The van der Waals surface area contributed by atoms with Crippen molar-refractivity contribution in [1.82, 2.24) is 10.6 Å². The molecule has 0 aromatic carbocycles. The van der Waals surface area contributed by atoms with Crippen LogP contribution in [-0.2, 0) is 14.4 Å². The van der Waals surface area contributed by atoms with Crippen LogP contribution in [0.25, 0.3) is 0 Å². The Balaban J connectivity index is 0. The molecular weight excluding hydrogens is 270 g/mol. The van der Waals surface area contributed by atoms with Crippen molar-refractivity contribution in [2.45, 2.75) is 39.3 Å². The molecule has 2 atom stereocenters. The Morgan fingerprint density at radius 1 is 1.26 bits per heavy atom. The van der Waals surface area contributed by atoms with Gasteiger partial charge in [0.1, 0.15) is 6.04 Å². The summed E-state index contributed by atoms with van der Waals surface area (Å²) in [6.45, 7) is 5.74. The smallest absolute Gasteiger partial charge is 0.305 e. The lowest BCUT2D eigenvalue weighted by atomic mass is 10.1.